The molecule has 0 unspecified atom stereocenters. The lowest BCUT2D eigenvalue weighted by atomic mass is 10.1. The minimum Gasteiger partial charge on any atom is -0.357 e. The van der Waals surface area contributed by atoms with Crippen LogP contribution in [-0.2, 0) is 26.2 Å². The fraction of sp³-hybridized carbons (Fsp3) is 0.333. The number of halogens is 1. The number of hydrogen-bond acceptors (Lipinski definition) is 4. The van der Waals surface area contributed by atoms with E-state index >= 15 is 0 Å². The molecule has 9 heteroatoms. The van der Waals surface area contributed by atoms with Gasteiger partial charge >= 0.3 is 0 Å². The van der Waals surface area contributed by atoms with Gasteiger partial charge in [-0.1, -0.05) is 51.8 Å². The van der Waals surface area contributed by atoms with Crippen molar-refractivity contribution in [3.63, 3.8) is 0 Å². The first-order valence-corrected chi connectivity index (χ1v) is 12.0. The third-order valence-electron chi connectivity index (χ3n) is 4.62. The van der Waals surface area contributed by atoms with E-state index in [-0.39, 0.29) is 12.5 Å². The maximum absolute atomic E-state index is 13.2. The summed E-state index contributed by atoms with van der Waals surface area (Å²) in [6, 6.07) is 13.5. The van der Waals surface area contributed by atoms with Crippen LogP contribution in [0.1, 0.15) is 18.1 Å². The average Bonchev–Trinajstić information content (AvgIpc) is 2.68. The molecule has 1 atom stereocenters. The van der Waals surface area contributed by atoms with E-state index in [1.54, 1.807) is 31.2 Å². The van der Waals surface area contributed by atoms with Gasteiger partial charge in [0.2, 0.25) is 21.8 Å². The van der Waals surface area contributed by atoms with Crippen molar-refractivity contribution in [3.8, 4) is 0 Å². The Bertz CT molecular complexity index is 1030. The molecule has 2 amide bonds. The standard InChI is InChI=1S/C21H26BrN3O4S/c1-15-7-5-8-17(11-15)13-24(16(2)21(27)23-3)20(26)14-25(30(4,28)29)19-10-6-9-18(22)12-19/h5-12,16H,13-14H2,1-4H3,(H,23,27)/t16-/m1/s1. The topological polar surface area (TPSA) is 86.8 Å². The molecule has 0 heterocycles. The van der Waals surface area contributed by atoms with Crippen LogP contribution >= 0.6 is 15.9 Å². The molecule has 30 heavy (non-hydrogen) atoms. The fourth-order valence-electron chi connectivity index (χ4n) is 3.04. The second-order valence-corrected chi connectivity index (χ2v) is 9.87. The second-order valence-electron chi connectivity index (χ2n) is 7.05. The minimum atomic E-state index is -3.73. The zero-order valence-corrected chi connectivity index (χ0v) is 19.8. The molecular weight excluding hydrogens is 470 g/mol. The average molecular weight is 496 g/mol. The predicted molar refractivity (Wildman–Crippen MR) is 122 cm³/mol. The molecule has 2 aromatic carbocycles. The normalized spacial score (nSPS) is 12.2. The van der Waals surface area contributed by atoms with Gasteiger partial charge in [0.1, 0.15) is 12.6 Å². The summed E-state index contributed by atoms with van der Waals surface area (Å²) in [6.07, 6.45) is 1.05. The highest BCUT2D eigenvalue weighted by molar-refractivity contribution is 9.10. The quantitative estimate of drug-likeness (QED) is 0.609. The summed E-state index contributed by atoms with van der Waals surface area (Å²) < 4.78 is 26.6. The number of rotatable bonds is 8. The van der Waals surface area contributed by atoms with Crippen LogP contribution in [0.3, 0.4) is 0 Å². The van der Waals surface area contributed by atoms with Crippen LogP contribution in [0.25, 0.3) is 0 Å². The van der Waals surface area contributed by atoms with Crippen LogP contribution in [0.15, 0.2) is 53.0 Å². The molecule has 0 aliphatic heterocycles. The summed E-state index contributed by atoms with van der Waals surface area (Å²) >= 11 is 3.33. The van der Waals surface area contributed by atoms with Crippen molar-refractivity contribution in [2.75, 3.05) is 24.2 Å². The van der Waals surface area contributed by atoms with E-state index in [9.17, 15) is 18.0 Å². The van der Waals surface area contributed by atoms with Crippen molar-refractivity contribution >= 4 is 43.5 Å². The molecule has 0 aromatic heterocycles. The number of likely N-dealkylation sites (N-methyl/N-ethyl adjacent to an activating group) is 1. The lowest BCUT2D eigenvalue weighted by Gasteiger charge is -2.31. The number of sulfonamides is 1. The Morgan fingerprint density at radius 2 is 1.80 bits per heavy atom. The number of nitrogens with one attached hydrogen (secondary N) is 1. The van der Waals surface area contributed by atoms with Gasteiger partial charge in [0, 0.05) is 18.1 Å². The van der Waals surface area contributed by atoms with E-state index in [1.165, 1.54) is 11.9 Å². The molecule has 1 N–H and O–H groups in total. The number of carbonyl (C=O) groups is 2. The summed E-state index contributed by atoms with van der Waals surface area (Å²) in [5.41, 5.74) is 2.25. The lowest BCUT2D eigenvalue weighted by Crippen LogP contribution is -2.50. The van der Waals surface area contributed by atoms with Crippen molar-refractivity contribution in [2.24, 2.45) is 0 Å². The third-order valence-corrected chi connectivity index (χ3v) is 6.26. The van der Waals surface area contributed by atoms with Gasteiger partial charge in [-0.25, -0.2) is 8.42 Å². The van der Waals surface area contributed by atoms with Crippen LogP contribution in [0.4, 0.5) is 5.69 Å². The first kappa shape index (κ1) is 23.9. The minimum absolute atomic E-state index is 0.186. The smallest absolute Gasteiger partial charge is 0.244 e. The molecule has 2 rings (SSSR count). The van der Waals surface area contributed by atoms with Gasteiger partial charge in [-0.15, -0.1) is 0 Å². The first-order chi connectivity index (χ1) is 14.0. The summed E-state index contributed by atoms with van der Waals surface area (Å²) in [5, 5.41) is 2.55. The molecule has 162 valence electrons. The monoisotopic (exact) mass is 495 g/mol. The van der Waals surface area contributed by atoms with Crippen molar-refractivity contribution in [1.82, 2.24) is 10.2 Å². The Labute approximate surface area is 186 Å². The maximum atomic E-state index is 13.2. The second kappa shape index (κ2) is 10.1. The number of aryl methyl sites for hydroxylation is 1. The Kier molecular flexibility index (Phi) is 8.03. The van der Waals surface area contributed by atoms with E-state index in [1.807, 2.05) is 31.2 Å². The van der Waals surface area contributed by atoms with Crippen LogP contribution in [0.2, 0.25) is 0 Å². The zero-order chi connectivity index (χ0) is 22.5. The van der Waals surface area contributed by atoms with Gasteiger partial charge in [-0.3, -0.25) is 13.9 Å². The SMILES string of the molecule is CNC(=O)[C@@H](C)N(Cc1cccc(C)c1)C(=O)CN(c1cccc(Br)c1)S(C)(=O)=O. The van der Waals surface area contributed by atoms with Gasteiger partial charge in [0.25, 0.3) is 0 Å². The van der Waals surface area contributed by atoms with Crippen LogP contribution < -0.4 is 9.62 Å². The van der Waals surface area contributed by atoms with Crippen LogP contribution in [0.5, 0.6) is 0 Å². The number of carbonyl (C=O) groups excluding carboxylic acids is 2. The van der Waals surface area contributed by atoms with E-state index in [0.717, 1.165) is 21.7 Å². The van der Waals surface area contributed by atoms with Crippen molar-refractivity contribution in [1.29, 1.82) is 0 Å². The third kappa shape index (κ3) is 6.30. The molecule has 0 aliphatic carbocycles. The van der Waals surface area contributed by atoms with Crippen LogP contribution in [-0.4, -0.2) is 51.0 Å². The Morgan fingerprint density at radius 1 is 1.13 bits per heavy atom. The highest BCUT2D eigenvalue weighted by Gasteiger charge is 2.29. The Hall–Kier alpha value is -2.39. The molecule has 0 aliphatic rings. The van der Waals surface area contributed by atoms with Crippen molar-refractivity contribution < 1.29 is 18.0 Å². The molecule has 0 bridgehead atoms. The van der Waals surface area contributed by atoms with Gasteiger partial charge in [0.15, 0.2) is 0 Å². The molecule has 0 saturated carbocycles. The molecule has 0 saturated heterocycles. The Morgan fingerprint density at radius 3 is 2.37 bits per heavy atom. The van der Waals surface area contributed by atoms with Crippen LogP contribution in [0, 0.1) is 6.92 Å². The molecule has 0 spiro atoms. The van der Waals surface area contributed by atoms with Gasteiger partial charge in [0.05, 0.1) is 11.9 Å². The van der Waals surface area contributed by atoms with E-state index < -0.39 is 28.5 Å². The first-order valence-electron chi connectivity index (χ1n) is 9.33. The number of benzene rings is 2. The van der Waals surface area contributed by atoms with Gasteiger partial charge < -0.3 is 10.2 Å². The fourth-order valence-corrected chi connectivity index (χ4v) is 4.27. The lowest BCUT2D eigenvalue weighted by molar-refractivity contribution is -0.139. The summed E-state index contributed by atoms with van der Waals surface area (Å²) in [7, 11) is -2.23. The Balaban J connectivity index is 2.38. The predicted octanol–water partition coefficient (Wildman–Crippen LogP) is 2.69. The van der Waals surface area contributed by atoms with Crippen molar-refractivity contribution in [2.45, 2.75) is 26.4 Å². The van der Waals surface area contributed by atoms with Gasteiger partial charge in [-0.05, 0) is 37.6 Å². The molecule has 2 aromatic rings. The molecule has 0 radical (unpaired) electrons. The molecular formula is C21H26BrN3O4S. The summed E-state index contributed by atoms with van der Waals surface area (Å²) in [6.45, 7) is 3.33. The van der Waals surface area contributed by atoms with E-state index in [4.69, 9.17) is 0 Å². The van der Waals surface area contributed by atoms with E-state index in [2.05, 4.69) is 21.2 Å². The number of amides is 2. The highest BCUT2D eigenvalue weighted by atomic mass is 79.9. The number of anilines is 1. The summed E-state index contributed by atoms with van der Waals surface area (Å²) in [4.78, 5) is 26.9. The largest absolute Gasteiger partial charge is 0.357 e. The highest BCUT2D eigenvalue weighted by Crippen LogP contribution is 2.23. The zero-order valence-electron chi connectivity index (χ0n) is 17.4. The summed E-state index contributed by atoms with van der Waals surface area (Å²) in [5.74, 6) is -0.803. The van der Waals surface area contributed by atoms with Crippen molar-refractivity contribution in [3.05, 3.63) is 64.1 Å². The van der Waals surface area contributed by atoms with Gasteiger partial charge in [-0.2, -0.15) is 0 Å². The molecule has 7 nitrogen and oxygen atoms in total. The number of hydrogen-bond donors (Lipinski definition) is 1. The number of nitrogens with zero attached hydrogens (tertiary/aromatic N) is 2. The van der Waals surface area contributed by atoms with E-state index in [0.29, 0.717) is 10.2 Å². The maximum Gasteiger partial charge on any atom is 0.244 e. The molecule has 0 fully saturated rings.